The van der Waals surface area contributed by atoms with Gasteiger partial charge in [0.05, 0.1) is 17.7 Å². The van der Waals surface area contributed by atoms with Crippen molar-refractivity contribution in [3.63, 3.8) is 0 Å². The van der Waals surface area contributed by atoms with Crippen molar-refractivity contribution >= 4 is 11.8 Å². The Balaban J connectivity index is 1.55. The predicted octanol–water partition coefficient (Wildman–Crippen LogP) is 4.08. The molecule has 0 radical (unpaired) electrons. The van der Waals surface area contributed by atoms with Crippen molar-refractivity contribution in [2.24, 2.45) is 5.92 Å². The fourth-order valence-electron chi connectivity index (χ4n) is 4.41. The van der Waals surface area contributed by atoms with Crippen LogP contribution in [-0.4, -0.2) is 58.0 Å². The summed E-state index contributed by atoms with van der Waals surface area (Å²) in [6.07, 6.45) is 2.93. The van der Waals surface area contributed by atoms with Crippen LogP contribution in [0.15, 0.2) is 54.7 Å². The molecule has 2 heterocycles. The molecule has 172 valence electrons. The van der Waals surface area contributed by atoms with E-state index < -0.39 is 0 Å². The van der Waals surface area contributed by atoms with Gasteiger partial charge in [0.15, 0.2) is 0 Å². The molecule has 7 heteroatoms. The predicted molar refractivity (Wildman–Crippen MR) is 125 cm³/mol. The van der Waals surface area contributed by atoms with Crippen LogP contribution in [-0.2, 0) is 11.2 Å². The molecule has 1 aromatic heterocycles. The number of aromatic amines is 1. The summed E-state index contributed by atoms with van der Waals surface area (Å²) < 4.78 is 14.1. The summed E-state index contributed by atoms with van der Waals surface area (Å²) in [6, 6.07) is 14.3. The molecule has 0 saturated carbocycles. The lowest BCUT2D eigenvalue weighted by molar-refractivity contribution is -0.134. The van der Waals surface area contributed by atoms with Crippen LogP contribution in [0.25, 0.3) is 11.1 Å². The highest BCUT2D eigenvalue weighted by Crippen LogP contribution is 2.25. The molecule has 1 atom stereocenters. The van der Waals surface area contributed by atoms with E-state index >= 15 is 0 Å². The second kappa shape index (κ2) is 9.98. The molecular weight excluding hydrogens is 419 g/mol. The lowest BCUT2D eigenvalue weighted by Crippen LogP contribution is -2.38. The van der Waals surface area contributed by atoms with E-state index in [-0.39, 0.29) is 23.5 Å². The Hall–Kier alpha value is -3.48. The molecule has 1 saturated heterocycles. The summed E-state index contributed by atoms with van der Waals surface area (Å²) in [4.78, 5) is 30.1. The Labute approximate surface area is 193 Å². The molecule has 0 aliphatic carbocycles. The van der Waals surface area contributed by atoms with Gasteiger partial charge in [-0.15, -0.1) is 0 Å². The third-order valence-electron chi connectivity index (χ3n) is 6.20. The molecular formula is C26H29FN4O2. The van der Waals surface area contributed by atoms with Crippen molar-refractivity contribution in [2.75, 3.05) is 26.2 Å². The van der Waals surface area contributed by atoms with Gasteiger partial charge < -0.3 is 9.80 Å². The molecule has 1 fully saturated rings. The number of nitrogens with one attached hydrogen (secondary N) is 1. The molecule has 2 aromatic carbocycles. The molecule has 6 nitrogen and oxygen atoms in total. The zero-order chi connectivity index (χ0) is 23.4. The summed E-state index contributed by atoms with van der Waals surface area (Å²) >= 11 is 0. The topological polar surface area (TPSA) is 69.3 Å². The smallest absolute Gasteiger partial charge is 0.257 e. The zero-order valence-corrected chi connectivity index (χ0v) is 19.1. The van der Waals surface area contributed by atoms with Gasteiger partial charge >= 0.3 is 0 Å². The van der Waals surface area contributed by atoms with E-state index in [1.54, 1.807) is 23.2 Å². The number of carbonyl (C=O) groups excluding carboxylic acids is 2. The van der Waals surface area contributed by atoms with Gasteiger partial charge in [0.1, 0.15) is 5.82 Å². The Morgan fingerprint density at radius 2 is 1.91 bits per heavy atom. The number of H-pyrrole nitrogens is 1. The van der Waals surface area contributed by atoms with Crippen molar-refractivity contribution in [1.29, 1.82) is 0 Å². The van der Waals surface area contributed by atoms with Crippen LogP contribution in [0.2, 0.25) is 0 Å². The second-order valence-electron chi connectivity index (χ2n) is 8.56. The number of rotatable bonds is 6. The van der Waals surface area contributed by atoms with Gasteiger partial charge in [-0.1, -0.05) is 49.4 Å². The van der Waals surface area contributed by atoms with Gasteiger partial charge in [-0.3, -0.25) is 14.7 Å². The Morgan fingerprint density at radius 3 is 2.58 bits per heavy atom. The molecule has 0 spiro atoms. The van der Waals surface area contributed by atoms with Gasteiger partial charge in [-0.2, -0.15) is 5.10 Å². The molecule has 1 unspecified atom stereocenters. The SMILES string of the molecule is CCCN1CCN(C(=O)c2cn[nH]c2C)CC(Cc2ccc(-c3ccccc3F)cc2)C1=O. The van der Waals surface area contributed by atoms with E-state index in [2.05, 4.69) is 10.2 Å². The number of hydrogen-bond donors (Lipinski definition) is 1. The number of benzene rings is 2. The third kappa shape index (κ3) is 4.97. The number of aryl methyl sites for hydroxylation is 1. The second-order valence-corrected chi connectivity index (χ2v) is 8.56. The van der Waals surface area contributed by atoms with E-state index in [9.17, 15) is 14.0 Å². The van der Waals surface area contributed by atoms with Crippen molar-refractivity contribution in [2.45, 2.75) is 26.7 Å². The number of amides is 2. The van der Waals surface area contributed by atoms with E-state index in [1.165, 1.54) is 6.07 Å². The number of carbonyl (C=O) groups is 2. The number of aromatic nitrogens is 2. The fourth-order valence-corrected chi connectivity index (χ4v) is 4.41. The van der Waals surface area contributed by atoms with Gasteiger partial charge in [0.25, 0.3) is 5.91 Å². The molecule has 1 N–H and O–H groups in total. The van der Waals surface area contributed by atoms with Crippen molar-refractivity contribution in [3.05, 3.63) is 77.4 Å². The maximum absolute atomic E-state index is 14.1. The van der Waals surface area contributed by atoms with Crippen LogP contribution in [0.1, 0.15) is 35.0 Å². The van der Waals surface area contributed by atoms with E-state index in [0.717, 1.165) is 23.2 Å². The van der Waals surface area contributed by atoms with Crippen LogP contribution in [0.3, 0.4) is 0 Å². The fraction of sp³-hybridized carbons (Fsp3) is 0.346. The Kier molecular flexibility index (Phi) is 6.87. The monoisotopic (exact) mass is 448 g/mol. The highest BCUT2D eigenvalue weighted by atomic mass is 19.1. The summed E-state index contributed by atoms with van der Waals surface area (Å²) in [6.45, 7) is 5.93. The first-order chi connectivity index (χ1) is 16.0. The van der Waals surface area contributed by atoms with Crippen molar-refractivity contribution < 1.29 is 14.0 Å². The van der Waals surface area contributed by atoms with Crippen molar-refractivity contribution in [3.8, 4) is 11.1 Å². The number of hydrogen-bond acceptors (Lipinski definition) is 3. The first-order valence-corrected chi connectivity index (χ1v) is 11.4. The highest BCUT2D eigenvalue weighted by molar-refractivity contribution is 5.95. The molecule has 0 bridgehead atoms. The summed E-state index contributed by atoms with van der Waals surface area (Å²) in [5.41, 5.74) is 3.60. The average Bonchev–Trinajstić information content (AvgIpc) is 3.19. The lowest BCUT2D eigenvalue weighted by atomic mass is 9.95. The first kappa shape index (κ1) is 22.7. The van der Waals surface area contributed by atoms with E-state index in [1.807, 2.05) is 49.1 Å². The van der Waals surface area contributed by atoms with Crippen LogP contribution >= 0.6 is 0 Å². The molecule has 3 aromatic rings. The van der Waals surface area contributed by atoms with E-state index in [4.69, 9.17) is 0 Å². The number of nitrogens with zero attached hydrogens (tertiary/aromatic N) is 3. The highest BCUT2D eigenvalue weighted by Gasteiger charge is 2.33. The average molecular weight is 449 g/mol. The third-order valence-corrected chi connectivity index (χ3v) is 6.20. The van der Waals surface area contributed by atoms with Gasteiger partial charge in [-0.05, 0) is 37.0 Å². The largest absolute Gasteiger partial charge is 0.341 e. The minimum absolute atomic E-state index is 0.0780. The quantitative estimate of drug-likeness (QED) is 0.618. The first-order valence-electron chi connectivity index (χ1n) is 11.4. The van der Waals surface area contributed by atoms with Gasteiger partial charge in [0, 0.05) is 37.4 Å². The maximum Gasteiger partial charge on any atom is 0.257 e. The van der Waals surface area contributed by atoms with Crippen LogP contribution in [0.4, 0.5) is 4.39 Å². The Bertz CT molecular complexity index is 1130. The summed E-state index contributed by atoms with van der Waals surface area (Å²) in [5.74, 6) is -0.626. The molecule has 2 amide bonds. The number of halogens is 1. The normalized spacial score (nSPS) is 16.7. The van der Waals surface area contributed by atoms with Gasteiger partial charge in [-0.25, -0.2) is 4.39 Å². The minimum atomic E-state index is -0.338. The van der Waals surface area contributed by atoms with Crippen LogP contribution < -0.4 is 0 Å². The molecule has 1 aliphatic rings. The standard InChI is InChI=1S/C26H29FN4O2/c1-3-12-30-13-14-31(26(33)23-16-28-29-18(23)2)17-21(25(30)32)15-19-8-10-20(11-9-19)22-6-4-5-7-24(22)27/h4-11,16,21H,3,12-15,17H2,1-2H3,(H,28,29). The zero-order valence-electron chi connectivity index (χ0n) is 19.1. The lowest BCUT2D eigenvalue weighted by Gasteiger charge is -2.24. The molecule has 4 rings (SSSR count). The van der Waals surface area contributed by atoms with Crippen molar-refractivity contribution in [1.82, 2.24) is 20.0 Å². The minimum Gasteiger partial charge on any atom is -0.341 e. The summed E-state index contributed by atoms with van der Waals surface area (Å²) in [5, 5.41) is 6.78. The molecule has 1 aliphatic heterocycles. The maximum atomic E-state index is 14.1. The van der Waals surface area contributed by atoms with E-state index in [0.29, 0.717) is 43.7 Å². The van der Waals surface area contributed by atoms with Crippen LogP contribution in [0.5, 0.6) is 0 Å². The van der Waals surface area contributed by atoms with Gasteiger partial charge in [0.2, 0.25) is 5.91 Å². The van der Waals surface area contributed by atoms with Crippen LogP contribution in [0, 0.1) is 18.7 Å². The summed E-state index contributed by atoms with van der Waals surface area (Å²) in [7, 11) is 0. The Morgan fingerprint density at radius 1 is 1.15 bits per heavy atom. The molecule has 33 heavy (non-hydrogen) atoms.